The Balaban J connectivity index is 2.08. The van der Waals surface area contributed by atoms with Gasteiger partial charge in [0.15, 0.2) is 5.79 Å². The van der Waals surface area contributed by atoms with Crippen LogP contribution in [0, 0.1) is 5.82 Å². The highest BCUT2D eigenvalue weighted by Gasteiger charge is 2.33. The number of ether oxygens (including phenoxy) is 2. The molecule has 1 aliphatic heterocycles. The van der Waals surface area contributed by atoms with Crippen LogP contribution in [-0.2, 0) is 9.47 Å². The van der Waals surface area contributed by atoms with E-state index in [2.05, 4.69) is 15.9 Å². The first kappa shape index (κ1) is 14.6. The van der Waals surface area contributed by atoms with Gasteiger partial charge < -0.3 is 20.1 Å². The van der Waals surface area contributed by atoms with Crippen molar-refractivity contribution >= 4 is 27.3 Å². The van der Waals surface area contributed by atoms with Gasteiger partial charge in [-0.3, -0.25) is 0 Å². The molecule has 0 unspecified atom stereocenters. The molecule has 1 atom stereocenters. The average Bonchev–Trinajstić information content (AvgIpc) is 2.63. The van der Waals surface area contributed by atoms with Gasteiger partial charge in [-0.25, -0.2) is 4.39 Å². The van der Waals surface area contributed by atoms with Crippen LogP contribution in [0.4, 0.5) is 15.8 Å². The predicted molar refractivity (Wildman–Crippen MR) is 76.7 cm³/mol. The molecule has 1 aromatic rings. The molecule has 0 aromatic heterocycles. The van der Waals surface area contributed by atoms with Crippen LogP contribution in [-0.4, -0.2) is 32.1 Å². The molecule has 1 saturated heterocycles. The second-order valence-electron chi connectivity index (χ2n) is 5.16. The van der Waals surface area contributed by atoms with Gasteiger partial charge in [-0.2, -0.15) is 0 Å². The van der Waals surface area contributed by atoms with E-state index in [1.807, 2.05) is 25.8 Å². The summed E-state index contributed by atoms with van der Waals surface area (Å²) in [6.07, 6.45) is -0.0347. The maximum atomic E-state index is 13.5. The Kier molecular flexibility index (Phi) is 4.03. The molecule has 0 aliphatic carbocycles. The van der Waals surface area contributed by atoms with Gasteiger partial charge in [0.25, 0.3) is 0 Å². The van der Waals surface area contributed by atoms with E-state index in [-0.39, 0.29) is 11.8 Å². The summed E-state index contributed by atoms with van der Waals surface area (Å²) >= 11 is 3.39. The molecule has 19 heavy (non-hydrogen) atoms. The van der Waals surface area contributed by atoms with Gasteiger partial charge in [0.2, 0.25) is 0 Å². The smallest absolute Gasteiger partial charge is 0.163 e. The second kappa shape index (κ2) is 5.26. The highest BCUT2D eigenvalue weighted by atomic mass is 79.9. The van der Waals surface area contributed by atoms with E-state index < -0.39 is 11.6 Å². The highest BCUT2D eigenvalue weighted by molar-refractivity contribution is 9.10. The largest absolute Gasteiger partial charge is 0.396 e. The molecule has 2 N–H and O–H groups in total. The fourth-order valence-electron chi connectivity index (χ4n) is 2.10. The van der Waals surface area contributed by atoms with E-state index in [0.29, 0.717) is 13.2 Å². The molecule has 1 aromatic carbocycles. The second-order valence-corrected chi connectivity index (χ2v) is 6.01. The standard InChI is InChI=1S/C13H18BrFN2O2/c1-13(2)18-7-8(19-13)6-17(3)12-5-10(15)11(16)4-9(12)14/h4-5,8H,6-7,16H2,1-3H3/t8-/m1/s1. The van der Waals surface area contributed by atoms with Crippen molar-refractivity contribution in [3.8, 4) is 0 Å². The van der Waals surface area contributed by atoms with Gasteiger partial charge in [-0.15, -0.1) is 0 Å². The maximum Gasteiger partial charge on any atom is 0.163 e. The molecular formula is C13H18BrFN2O2. The van der Waals surface area contributed by atoms with E-state index >= 15 is 0 Å². The van der Waals surface area contributed by atoms with Gasteiger partial charge in [-0.1, -0.05) is 0 Å². The van der Waals surface area contributed by atoms with Gasteiger partial charge in [0.1, 0.15) is 11.9 Å². The van der Waals surface area contributed by atoms with E-state index in [4.69, 9.17) is 15.2 Å². The Morgan fingerprint density at radius 3 is 2.79 bits per heavy atom. The van der Waals surface area contributed by atoms with Crippen molar-refractivity contribution in [3.05, 3.63) is 22.4 Å². The third-order valence-corrected chi connectivity index (χ3v) is 3.66. The summed E-state index contributed by atoms with van der Waals surface area (Å²) in [6, 6.07) is 2.98. The van der Waals surface area contributed by atoms with Crippen LogP contribution >= 0.6 is 15.9 Å². The molecule has 4 nitrogen and oxygen atoms in total. The Morgan fingerprint density at radius 1 is 1.53 bits per heavy atom. The molecule has 1 aliphatic rings. The first-order valence-electron chi connectivity index (χ1n) is 6.06. The number of rotatable bonds is 3. The first-order valence-corrected chi connectivity index (χ1v) is 6.85. The molecule has 0 radical (unpaired) electrons. The number of nitrogens with zero attached hydrogens (tertiary/aromatic N) is 1. The minimum atomic E-state index is -0.547. The average molecular weight is 333 g/mol. The summed E-state index contributed by atoms with van der Waals surface area (Å²) in [7, 11) is 1.88. The predicted octanol–water partition coefficient (Wildman–Crippen LogP) is 2.76. The number of benzene rings is 1. The van der Waals surface area contributed by atoms with Crippen molar-refractivity contribution in [1.82, 2.24) is 0 Å². The van der Waals surface area contributed by atoms with Crippen molar-refractivity contribution in [2.75, 3.05) is 30.8 Å². The first-order chi connectivity index (χ1) is 8.78. The normalized spacial score (nSPS) is 21.6. The lowest BCUT2D eigenvalue weighted by molar-refractivity contribution is -0.137. The molecular weight excluding hydrogens is 315 g/mol. The number of likely N-dealkylation sites (N-methyl/N-ethyl adjacent to an activating group) is 1. The summed E-state index contributed by atoms with van der Waals surface area (Å²) < 4.78 is 25.5. The lowest BCUT2D eigenvalue weighted by Crippen LogP contribution is -2.32. The molecule has 0 saturated carbocycles. The monoisotopic (exact) mass is 332 g/mol. The Morgan fingerprint density at radius 2 is 2.21 bits per heavy atom. The Labute approximate surface area is 120 Å². The summed E-state index contributed by atoms with van der Waals surface area (Å²) in [5.74, 6) is -0.969. The van der Waals surface area contributed by atoms with Crippen LogP contribution in [0.2, 0.25) is 0 Å². The topological polar surface area (TPSA) is 47.7 Å². The molecule has 0 amide bonds. The van der Waals surface area contributed by atoms with Crippen molar-refractivity contribution in [1.29, 1.82) is 0 Å². The molecule has 6 heteroatoms. The van der Waals surface area contributed by atoms with Gasteiger partial charge in [0, 0.05) is 24.1 Å². The summed E-state index contributed by atoms with van der Waals surface area (Å²) in [5.41, 5.74) is 6.39. The minimum Gasteiger partial charge on any atom is -0.396 e. The number of halogens is 2. The van der Waals surface area contributed by atoms with Crippen LogP contribution in [0.1, 0.15) is 13.8 Å². The molecule has 1 heterocycles. The van der Waals surface area contributed by atoms with Crippen molar-refractivity contribution in [2.45, 2.75) is 25.7 Å². The lowest BCUT2D eigenvalue weighted by atomic mass is 10.2. The van der Waals surface area contributed by atoms with Crippen molar-refractivity contribution < 1.29 is 13.9 Å². The zero-order valence-corrected chi connectivity index (χ0v) is 12.8. The quantitative estimate of drug-likeness (QED) is 0.864. The van der Waals surface area contributed by atoms with Crippen LogP contribution < -0.4 is 10.6 Å². The van der Waals surface area contributed by atoms with Crippen molar-refractivity contribution in [3.63, 3.8) is 0 Å². The molecule has 2 rings (SSSR count). The zero-order chi connectivity index (χ0) is 14.2. The number of nitrogen functional groups attached to an aromatic ring is 1. The fourth-order valence-corrected chi connectivity index (χ4v) is 2.76. The number of hydrogen-bond acceptors (Lipinski definition) is 4. The summed E-state index contributed by atoms with van der Waals surface area (Å²) in [5, 5.41) is 0. The minimum absolute atomic E-state index is 0.0347. The SMILES string of the molecule is CN(C[C@@H]1COC(C)(C)O1)c1cc(F)c(N)cc1Br. The molecule has 106 valence electrons. The molecule has 1 fully saturated rings. The lowest BCUT2D eigenvalue weighted by Gasteiger charge is -2.24. The number of nitrogens with two attached hydrogens (primary N) is 1. The third-order valence-electron chi connectivity index (χ3n) is 3.02. The van der Waals surface area contributed by atoms with Crippen molar-refractivity contribution in [2.24, 2.45) is 0 Å². The number of hydrogen-bond donors (Lipinski definition) is 1. The van der Waals surface area contributed by atoms with Gasteiger partial charge >= 0.3 is 0 Å². The summed E-state index contributed by atoms with van der Waals surface area (Å²) in [6.45, 7) is 4.91. The van der Waals surface area contributed by atoms with E-state index in [1.54, 1.807) is 6.07 Å². The third kappa shape index (κ3) is 3.38. The highest BCUT2D eigenvalue weighted by Crippen LogP contribution is 2.31. The molecule has 0 spiro atoms. The Hall–Kier alpha value is -0.850. The van der Waals surface area contributed by atoms with E-state index in [1.165, 1.54) is 6.07 Å². The van der Waals surface area contributed by atoms with Crippen LogP contribution in [0.25, 0.3) is 0 Å². The van der Waals surface area contributed by atoms with E-state index in [9.17, 15) is 4.39 Å². The van der Waals surface area contributed by atoms with Gasteiger partial charge in [0.05, 0.1) is 18.0 Å². The molecule has 0 bridgehead atoms. The Bertz CT molecular complexity index is 482. The van der Waals surface area contributed by atoms with Crippen LogP contribution in [0.5, 0.6) is 0 Å². The summed E-state index contributed by atoms with van der Waals surface area (Å²) in [4.78, 5) is 1.92. The van der Waals surface area contributed by atoms with Gasteiger partial charge in [-0.05, 0) is 35.8 Å². The van der Waals surface area contributed by atoms with Crippen LogP contribution in [0.15, 0.2) is 16.6 Å². The zero-order valence-electron chi connectivity index (χ0n) is 11.2. The van der Waals surface area contributed by atoms with E-state index in [0.717, 1.165) is 10.2 Å². The fraction of sp³-hybridized carbons (Fsp3) is 0.538. The maximum absolute atomic E-state index is 13.5. The van der Waals surface area contributed by atoms with Crippen LogP contribution in [0.3, 0.4) is 0 Å². The number of anilines is 2.